The molecular weight excluding hydrogens is 240 g/mol. The summed E-state index contributed by atoms with van der Waals surface area (Å²) >= 11 is 0. The average Bonchev–Trinajstić information content (AvgIpc) is 2.39. The van der Waals surface area contributed by atoms with Gasteiger partial charge in [-0.15, -0.1) is 0 Å². The van der Waals surface area contributed by atoms with Crippen LogP contribution < -0.4 is 0 Å². The molecule has 0 rings (SSSR count). The average molecular weight is 270 g/mol. The number of hydrogen-bond acceptors (Lipinski definition) is 2. The predicted molar refractivity (Wildman–Crippen MR) is 79.2 cm³/mol. The number of allylic oxidation sites excluding steroid dienone is 1. The number of carboxylic acid groups (broad SMARTS) is 1. The van der Waals surface area contributed by atoms with E-state index in [0.717, 1.165) is 12.8 Å². The van der Waals surface area contributed by atoms with Gasteiger partial charge in [0.25, 0.3) is 0 Å². The van der Waals surface area contributed by atoms with Crippen molar-refractivity contribution in [3.63, 3.8) is 0 Å². The zero-order valence-corrected chi connectivity index (χ0v) is 12.3. The second-order valence-electron chi connectivity index (χ2n) is 5.18. The van der Waals surface area contributed by atoms with Gasteiger partial charge in [-0.2, -0.15) is 0 Å². The minimum atomic E-state index is -1.34. The molecule has 2 N–H and O–H groups in total. The van der Waals surface area contributed by atoms with E-state index in [0.29, 0.717) is 0 Å². The molecule has 3 heteroatoms. The van der Waals surface area contributed by atoms with Crippen molar-refractivity contribution in [2.45, 2.75) is 83.7 Å². The summed E-state index contributed by atoms with van der Waals surface area (Å²) < 4.78 is 0. The largest absolute Gasteiger partial charge is 0.479 e. The number of rotatable bonds is 13. The van der Waals surface area contributed by atoms with E-state index in [4.69, 9.17) is 10.2 Å². The summed E-state index contributed by atoms with van der Waals surface area (Å²) in [5.41, 5.74) is 0. The lowest BCUT2D eigenvalue weighted by Crippen LogP contribution is -2.15. The molecule has 0 bridgehead atoms. The zero-order chi connectivity index (χ0) is 14.3. The summed E-state index contributed by atoms with van der Waals surface area (Å²) in [6, 6.07) is 0. The van der Waals surface area contributed by atoms with E-state index >= 15 is 0 Å². The number of aliphatic hydroxyl groups excluding tert-OH is 1. The first-order valence-electron chi connectivity index (χ1n) is 7.76. The van der Waals surface area contributed by atoms with Gasteiger partial charge in [-0.3, -0.25) is 0 Å². The number of aliphatic hydroxyl groups is 1. The maximum absolute atomic E-state index is 10.3. The molecule has 0 aliphatic carbocycles. The molecule has 19 heavy (non-hydrogen) atoms. The van der Waals surface area contributed by atoms with Crippen LogP contribution in [0.4, 0.5) is 0 Å². The van der Waals surface area contributed by atoms with E-state index in [1.54, 1.807) is 6.08 Å². The van der Waals surface area contributed by atoms with E-state index in [2.05, 4.69) is 6.92 Å². The first-order valence-corrected chi connectivity index (χ1v) is 7.76. The van der Waals surface area contributed by atoms with Gasteiger partial charge in [0.2, 0.25) is 0 Å². The Bertz CT molecular complexity index is 236. The molecule has 1 unspecified atom stereocenters. The Hall–Kier alpha value is -0.830. The fraction of sp³-hybridized carbons (Fsp3) is 0.812. The lowest BCUT2D eigenvalue weighted by molar-refractivity contribution is -0.144. The fourth-order valence-corrected chi connectivity index (χ4v) is 2.06. The Balaban J connectivity index is 3.17. The van der Waals surface area contributed by atoms with Crippen LogP contribution >= 0.6 is 0 Å². The molecule has 0 aliphatic heterocycles. The van der Waals surface area contributed by atoms with Gasteiger partial charge < -0.3 is 10.2 Å². The minimum absolute atomic E-state index is 0.862. The summed E-state index contributed by atoms with van der Waals surface area (Å²) in [7, 11) is 0. The summed E-state index contributed by atoms with van der Waals surface area (Å²) in [6.07, 6.45) is 15.7. The Morgan fingerprint density at radius 3 is 1.89 bits per heavy atom. The number of aliphatic carboxylic acids is 1. The minimum Gasteiger partial charge on any atom is -0.479 e. The van der Waals surface area contributed by atoms with E-state index in [-0.39, 0.29) is 0 Å². The van der Waals surface area contributed by atoms with Crippen LogP contribution in [0.15, 0.2) is 12.2 Å². The molecule has 0 aromatic heterocycles. The monoisotopic (exact) mass is 270 g/mol. The second kappa shape index (κ2) is 13.6. The molecular formula is C16H30O3. The third-order valence-electron chi connectivity index (χ3n) is 3.30. The lowest BCUT2D eigenvalue weighted by atomic mass is 10.1. The first-order chi connectivity index (χ1) is 9.18. The van der Waals surface area contributed by atoms with Gasteiger partial charge in [-0.05, 0) is 18.9 Å². The highest BCUT2D eigenvalue weighted by Crippen LogP contribution is 2.11. The summed E-state index contributed by atoms with van der Waals surface area (Å²) in [5, 5.41) is 17.5. The van der Waals surface area contributed by atoms with Gasteiger partial charge >= 0.3 is 5.97 Å². The molecule has 0 heterocycles. The van der Waals surface area contributed by atoms with Crippen molar-refractivity contribution in [2.24, 2.45) is 0 Å². The van der Waals surface area contributed by atoms with Crippen molar-refractivity contribution in [2.75, 3.05) is 0 Å². The van der Waals surface area contributed by atoms with Crippen LogP contribution in [-0.4, -0.2) is 22.3 Å². The standard InChI is InChI=1S/C16H30O3/c1-2-3-4-5-6-7-8-9-10-11-12-13-14-15(17)16(18)19/h13-15,17H,2-12H2,1H3,(H,18,19)/b14-13+. The third kappa shape index (κ3) is 13.4. The molecule has 0 aromatic rings. The smallest absolute Gasteiger partial charge is 0.336 e. The lowest BCUT2D eigenvalue weighted by Gasteiger charge is -2.01. The Morgan fingerprint density at radius 1 is 0.947 bits per heavy atom. The highest BCUT2D eigenvalue weighted by molar-refractivity contribution is 5.74. The van der Waals surface area contributed by atoms with Crippen LogP contribution in [0, 0.1) is 0 Å². The zero-order valence-electron chi connectivity index (χ0n) is 12.3. The molecule has 3 nitrogen and oxygen atoms in total. The van der Waals surface area contributed by atoms with Crippen LogP contribution in [-0.2, 0) is 4.79 Å². The maximum atomic E-state index is 10.3. The Labute approximate surface area is 117 Å². The van der Waals surface area contributed by atoms with Crippen molar-refractivity contribution < 1.29 is 15.0 Å². The van der Waals surface area contributed by atoms with E-state index in [1.165, 1.54) is 63.9 Å². The third-order valence-corrected chi connectivity index (χ3v) is 3.30. The van der Waals surface area contributed by atoms with E-state index < -0.39 is 12.1 Å². The van der Waals surface area contributed by atoms with Crippen molar-refractivity contribution in [1.82, 2.24) is 0 Å². The molecule has 0 radical (unpaired) electrons. The van der Waals surface area contributed by atoms with Crippen LogP contribution in [0.25, 0.3) is 0 Å². The highest BCUT2D eigenvalue weighted by atomic mass is 16.4. The first kappa shape index (κ1) is 18.2. The SMILES string of the molecule is CCCCCCCCCCCC/C=C/C(O)C(=O)O. The highest BCUT2D eigenvalue weighted by Gasteiger charge is 2.06. The van der Waals surface area contributed by atoms with Crippen molar-refractivity contribution in [3.05, 3.63) is 12.2 Å². The Morgan fingerprint density at radius 2 is 1.42 bits per heavy atom. The van der Waals surface area contributed by atoms with Crippen LogP contribution in [0.3, 0.4) is 0 Å². The van der Waals surface area contributed by atoms with Crippen molar-refractivity contribution in [1.29, 1.82) is 0 Å². The number of hydrogen-bond donors (Lipinski definition) is 2. The molecule has 0 aliphatic rings. The molecule has 0 aromatic carbocycles. The molecule has 0 amide bonds. The van der Waals surface area contributed by atoms with Gasteiger partial charge in [0, 0.05) is 0 Å². The van der Waals surface area contributed by atoms with Crippen molar-refractivity contribution in [3.8, 4) is 0 Å². The van der Waals surface area contributed by atoms with Gasteiger partial charge in [0.05, 0.1) is 0 Å². The van der Waals surface area contributed by atoms with Crippen molar-refractivity contribution >= 4 is 5.97 Å². The normalized spacial score (nSPS) is 12.9. The molecule has 0 saturated heterocycles. The number of unbranched alkanes of at least 4 members (excludes halogenated alkanes) is 10. The molecule has 0 saturated carbocycles. The number of carbonyl (C=O) groups is 1. The van der Waals surface area contributed by atoms with Gasteiger partial charge in [0.15, 0.2) is 6.10 Å². The predicted octanol–water partition coefficient (Wildman–Crippen LogP) is 4.30. The Kier molecular flexibility index (Phi) is 13.0. The van der Waals surface area contributed by atoms with Gasteiger partial charge in [-0.25, -0.2) is 4.79 Å². The molecule has 0 spiro atoms. The quantitative estimate of drug-likeness (QED) is 0.387. The van der Waals surface area contributed by atoms with E-state index in [9.17, 15) is 4.79 Å². The summed E-state index contributed by atoms with van der Waals surface area (Å²) in [6.45, 7) is 2.24. The molecule has 112 valence electrons. The molecule has 1 atom stereocenters. The van der Waals surface area contributed by atoms with Crippen LogP contribution in [0.2, 0.25) is 0 Å². The van der Waals surface area contributed by atoms with Crippen LogP contribution in [0.1, 0.15) is 77.6 Å². The van der Waals surface area contributed by atoms with Gasteiger partial charge in [-0.1, -0.05) is 70.8 Å². The van der Waals surface area contributed by atoms with Gasteiger partial charge in [0.1, 0.15) is 0 Å². The summed E-state index contributed by atoms with van der Waals surface area (Å²) in [4.78, 5) is 10.3. The van der Waals surface area contributed by atoms with Crippen LogP contribution in [0.5, 0.6) is 0 Å². The topological polar surface area (TPSA) is 57.5 Å². The fourth-order valence-electron chi connectivity index (χ4n) is 2.06. The maximum Gasteiger partial charge on any atom is 0.336 e. The summed E-state index contributed by atoms with van der Waals surface area (Å²) in [5.74, 6) is -1.18. The number of carboxylic acids is 1. The van der Waals surface area contributed by atoms with E-state index in [1.807, 2.05) is 0 Å². The molecule has 0 fully saturated rings. The second-order valence-corrected chi connectivity index (χ2v) is 5.18.